The van der Waals surface area contributed by atoms with Gasteiger partial charge in [0.1, 0.15) is 4.88 Å². The fourth-order valence-electron chi connectivity index (χ4n) is 3.18. The van der Waals surface area contributed by atoms with Gasteiger partial charge in [0.25, 0.3) is 0 Å². The lowest BCUT2D eigenvalue weighted by Gasteiger charge is -2.40. The molecule has 0 unspecified atom stereocenters. The molecule has 0 aliphatic carbocycles. The van der Waals surface area contributed by atoms with Crippen molar-refractivity contribution in [1.82, 2.24) is 10.2 Å². The topological polar surface area (TPSA) is 79.9 Å². The zero-order chi connectivity index (χ0) is 20.1. The molecule has 1 saturated heterocycles. The number of esters is 1. The van der Waals surface area contributed by atoms with Crippen LogP contribution in [0.5, 0.6) is 0 Å². The summed E-state index contributed by atoms with van der Waals surface area (Å²) in [5.41, 5.74) is 0.537. The van der Waals surface area contributed by atoms with Gasteiger partial charge in [0, 0.05) is 35.6 Å². The van der Waals surface area contributed by atoms with Crippen LogP contribution in [0.2, 0.25) is 0 Å². The number of nitrogens with zero attached hydrogens (tertiary/aromatic N) is 1. The van der Waals surface area contributed by atoms with Crippen LogP contribution in [0.15, 0.2) is 24.3 Å². The van der Waals surface area contributed by atoms with Gasteiger partial charge in [0.05, 0.1) is 19.8 Å². The number of ether oxygens (including phenoxy) is 2. The summed E-state index contributed by atoms with van der Waals surface area (Å²) in [6.07, 6.45) is 0. The van der Waals surface area contributed by atoms with Crippen molar-refractivity contribution < 1.29 is 19.1 Å². The Labute approximate surface area is 169 Å². The van der Waals surface area contributed by atoms with Crippen LogP contribution in [0.25, 0.3) is 10.1 Å². The molecule has 0 atom stereocenters. The van der Waals surface area contributed by atoms with E-state index in [1.54, 1.807) is 13.0 Å². The minimum Gasteiger partial charge on any atom is -0.462 e. The highest BCUT2D eigenvalue weighted by Crippen LogP contribution is 2.28. The third kappa shape index (κ3) is 5.01. The molecular formula is C20H27N3O4S. The largest absolute Gasteiger partial charge is 0.462 e. The molecule has 2 amide bonds. The number of benzene rings is 1. The van der Waals surface area contributed by atoms with Crippen molar-refractivity contribution >= 4 is 39.1 Å². The van der Waals surface area contributed by atoms with Gasteiger partial charge in [-0.1, -0.05) is 0 Å². The number of anilines is 1. The van der Waals surface area contributed by atoms with Crippen LogP contribution in [-0.2, 0) is 9.47 Å². The maximum atomic E-state index is 12.3. The predicted molar refractivity (Wildman–Crippen MR) is 111 cm³/mol. The highest BCUT2D eigenvalue weighted by molar-refractivity contribution is 7.20. The lowest BCUT2D eigenvalue weighted by atomic mass is 10.0. The predicted octanol–water partition coefficient (Wildman–Crippen LogP) is 3.31. The number of morpholine rings is 1. The molecule has 7 nitrogen and oxygen atoms in total. The molecule has 2 N–H and O–H groups in total. The summed E-state index contributed by atoms with van der Waals surface area (Å²) >= 11 is 1.38. The molecule has 3 rings (SSSR count). The molecule has 8 heteroatoms. The minimum atomic E-state index is -0.318. The third-order valence-electron chi connectivity index (χ3n) is 4.80. The van der Waals surface area contributed by atoms with E-state index in [0.717, 1.165) is 36.4 Å². The Bertz CT molecular complexity index is 843. The molecule has 0 saturated carbocycles. The number of carbonyl (C=O) groups is 2. The number of carbonyl (C=O) groups excluding carboxylic acids is 2. The maximum absolute atomic E-state index is 12.3. The second-order valence-electron chi connectivity index (χ2n) is 7.30. The molecule has 1 aromatic heterocycles. The Morgan fingerprint density at radius 3 is 2.71 bits per heavy atom. The van der Waals surface area contributed by atoms with Crippen molar-refractivity contribution in [3.05, 3.63) is 29.1 Å². The van der Waals surface area contributed by atoms with Crippen LogP contribution < -0.4 is 10.6 Å². The zero-order valence-corrected chi connectivity index (χ0v) is 17.4. The molecule has 1 fully saturated rings. The number of urea groups is 1. The molecular weight excluding hydrogens is 378 g/mol. The third-order valence-corrected chi connectivity index (χ3v) is 5.90. The van der Waals surface area contributed by atoms with Crippen LogP contribution in [-0.4, -0.2) is 61.9 Å². The molecule has 2 heterocycles. The van der Waals surface area contributed by atoms with Gasteiger partial charge in [-0.3, -0.25) is 4.90 Å². The highest BCUT2D eigenvalue weighted by Gasteiger charge is 2.28. The molecule has 0 spiro atoms. The number of hydrogen-bond acceptors (Lipinski definition) is 6. The van der Waals surface area contributed by atoms with E-state index in [0.29, 0.717) is 23.7 Å². The van der Waals surface area contributed by atoms with E-state index in [1.165, 1.54) is 11.3 Å². The van der Waals surface area contributed by atoms with E-state index >= 15 is 0 Å². The summed E-state index contributed by atoms with van der Waals surface area (Å²) in [4.78, 5) is 27.1. The van der Waals surface area contributed by atoms with Crippen molar-refractivity contribution in [2.45, 2.75) is 26.3 Å². The van der Waals surface area contributed by atoms with Gasteiger partial charge in [-0.15, -0.1) is 11.3 Å². The lowest BCUT2D eigenvalue weighted by molar-refractivity contribution is -0.00863. The standard InChI is InChI=1S/C20H27N3O4S/c1-4-27-18(24)17-12-14-11-15(5-6-16(14)28-17)22-19(25)21-13-20(2,3)23-7-9-26-10-8-23/h5-6,11-12H,4,7-10,13H2,1-3H3,(H2,21,22,25). The van der Waals surface area contributed by atoms with Crippen molar-refractivity contribution in [1.29, 1.82) is 0 Å². The van der Waals surface area contributed by atoms with Gasteiger partial charge in [-0.25, -0.2) is 9.59 Å². The fraction of sp³-hybridized carbons (Fsp3) is 0.500. The van der Waals surface area contributed by atoms with E-state index in [9.17, 15) is 9.59 Å². The van der Waals surface area contributed by atoms with Crippen LogP contribution in [0.4, 0.5) is 10.5 Å². The monoisotopic (exact) mass is 405 g/mol. The van der Waals surface area contributed by atoms with E-state index in [2.05, 4.69) is 29.4 Å². The first-order valence-corrected chi connectivity index (χ1v) is 10.3. The summed E-state index contributed by atoms with van der Waals surface area (Å²) in [5.74, 6) is -0.318. The molecule has 1 aromatic carbocycles. The zero-order valence-electron chi connectivity index (χ0n) is 16.5. The molecule has 2 aromatic rings. The van der Waals surface area contributed by atoms with Gasteiger partial charge in [0.2, 0.25) is 0 Å². The maximum Gasteiger partial charge on any atom is 0.348 e. The Hall–Kier alpha value is -2.16. The number of hydrogen-bond donors (Lipinski definition) is 2. The Morgan fingerprint density at radius 2 is 2.00 bits per heavy atom. The summed E-state index contributed by atoms with van der Waals surface area (Å²) in [5, 5.41) is 6.72. The highest BCUT2D eigenvalue weighted by atomic mass is 32.1. The summed E-state index contributed by atoms with van der Waals surface area (Å²) in [6.45, 7) is 10.1. The number of rotatable bonds is 6. The van der Waals surface area contributed by atoms with Gasteiger partial charge in [-0.2, -0.15) is 0 Å². The van der Waals surface area contributed by atoms with Crippen LogP contribution in [0.1, 0.15) is 30.4 Å². The number of nitrogens with one attached hydrogen (secondary N) is 2. The molecule has 0 bridgehead atoms. The number of amides is 2. The van der Waals surface area contributed by atoms with Gasteiger partial charge in [0.15, 0.2) is 0 Å². The Kier molecular flexibility index (Phi) is 6.53. The van der Waals surface area contributed by atoms with E-state index < -0.39 is 0 Å². The summed E-state index contributed by atoms with van der Waals surface area (Å²) in [6, 6.07) is 7.14. The van der Waals surface area contributed by atoms with Crippen molar-refractivity contribution in [3.8, 4) is 0 Å². The summed E-state index contributed by atoms with van der Waals surface area (Å²) in [7, 11) is 0. The first kappa shape index (κ1) is 20.6. The number of fused-ring (bicyclic) bond motifs is 1. The van der Waals surface area contributed by atoms with Gasteiger partial charge >= 0.3 is 12.0 Å². The van der Waals surface area contributed by atoms with Gasteiger partial charge in [-0.05, 0) is 50.4 Å². The molecule has 1 aliphatic heterocycles. The Balaban J connectivity index is 1.58. The average molecular weight is 406 g/mol. The van der Waals surface area contributed by atoms with Crippen molar-refractivity contribution in [2.75, 3.05) is 44.8 Å². The van der Waals surface area contributed by atoms with Crippen LogP contribution in [0.3, 0.4) is 0 Å². The van der Waals surface area contributed by atoms with E-state index in [1.807, 2.05) is 18.2 Å². The summed E-state index contributed by atoms with van der Waals surface area (Å²) < 4.78 is 11.4. The molecule has 152 valence electrons. The minimum absolute atomic E-state index is 0.146. The lowest BCUT2D eigenvalue weighted by Crippen LogP contribution is -2.55. The average Bonchev–Trinajstić information content (AvgIpc) is 3.11. The second kappa shape index (κ2) is 8.89. The first-order chi connectivity index (χ1) is 13.4. The van der Waals surface area contributed by atoms with Crippen LogP contribution >= 0.6 is 11.3 Å². The van der Waals surface area contributed by atoms with Gasteiger partial charge < -0.3 is 20.1 Å². The molecule has 1 aliphatic rings. The van der Waals surface area contributed by atoms with Crippen molar-refractivity contribution in [2.24, 2.45) is 0 Å². The van der Waals surface area contributed by atoms with Crippen molar-refractivity contribution in [3.63, 3.8) is 0 Å². The van der Waals surface area contributed by atoms with E-state index in [4.69, 9.17) is 9.47 Å². The van der Waals surface area contributed by atoms with E-state index in [-0.39, 0.29) is 17.5 Å². The smallest absolute Gasteiger partial charge is 0.348 e. The Morgan fingerprint density at radius 1 is 1.25 bits per heavy atom. The van der Waals surface area contributed by atoms with Crippen LogP contribution in [0, 0.1) is 0 Å². The second-order valence-corrected chi connectivity index (χ2v) is 8.39. The molecule has 28 heavy (non-hydrogen) atoms. The fourth-order valence-corrected chi connectivity index (χ4v) is 4.11. The first-order valence-electron chi connectivity index (χ1n) is 9.47. The quantitative estimate of drug-likeness (QED) is 0.721. The number of thiophene rings is 1. The normalized spacial score (nSPS) is 15.4. The SMILES string of the molecule is CCOC(=O)c1cc2cc(NC(=O)NCC(C)(C)N3CCOCC3)ccc2s1. The molecule has 0 radical (unpaired) electrons.